The van der Waals surface area contributed by atoms with Gasteiger partial charge in [0, 0.05) is 19.4 Å². The fourth-order valence-corrected chi connectivity index (χ4v) is 5.20. The molecule has 0 fully saturated rings. The molecule has 1 amide bonds. The number of fused-ring (bicyclic) bond motifs is 3. The summed E-state index contributed by atoms with van der Waals surface area (Å²) in [5.41, 5.74) is 4.76. The minimum absolute atomic E-state index is 0.0338. The van der Waals surface area contributed by atoms with E-state index in [1.807, 2.05) is 24.3 Å². The fourth-order valence-electron chi connectivity index (χ4n) is 5.20. The molecular weight excluding hydrogens is 706 g/mol. The Kier molecular flexibility index (Phi) is 26.0. The van der Waals surface area contributed by atoms with E-state index < -0.39 is 6.09 Å². The SMILES string of the molecule is CC(=O)OCCOCCOCCOCCOCCOCCOCCOCCOCCOCCOCCNC(=O)OCC1c2ccccc2-c2ccccc21. The molecule has 15 heteroatoms. The van der Waals surface area contributed by atoms with Gasteiger partial charge >= 0.3 is 12.1 Å². The number of carbonyl (C=O) groups is 2. The molecular formula is C39H59NO14. The molecule has 1 aliphatic rings. The number of carbonyl (C=O) groups excluding carboxylic acids is 2. The Bertz CT molecular complexity index is 1210. The lowest BCUT2D eigenvalue weighted by atomic mass is 9.98. The maximum absolute atomic E-state index is 12.2. The third-order valence-corrected chi connectivity index (χ3v) is 7.74. The van der Waals surface area contributed by atoms with Gasteiger partial charge in [-0.2, -0.15) is 0 Å². The van der Waals surface area contributed by atoms with Crippen molar-refractivity contribution in [2.45, 2.75) is 12.8 Å². The van der Waals surface area contributed by atoms with Gasteiger partial charge in [-0.25, -0.2) is 4.79 Å². The van der Waals surface area contributed by atoms with Crippen LogP contribution in [0.3, 0.4) is 0 Å². The maximum Gasteiger partial charge on any atom is 0.407 e. The van der Waals surface area contributed by atoms with Crippen LogP contribution >= 0.6 is 0 Å². The third kappa shape index (κ3) is 21.0. The highest BCUT2D eigenvalue weighted by atomic mass is 16.6. The van der Waals surface area contributed by atoms with E-state index in [0.29, 0.717) is 139 Å². The Balaban J connectivity index is 0.949. The van der Waals surface area contributed by atoms with Crippen LogP contribution < -0.4 is 5.32 Å². The zero-order chi connectivity index (χ0) is 38.2. The number of ether oxygens (including phenoxy) is 12. The average molecular weight is 766 g/mol. The lowest BCUT2D eigenvalue weighted by Crippen LogP contribution is -2.29. The molecule has 0 bridgehead atoms. The Morgan fingerprint density at radius 1 is 0.444 bits per heavy atom. The molecule has 0 unspecified atom stereocenters. The summed E-state index contributed by atoms with van der Waals surface area (Å²) in [6, 6.07) is 16.5. The first-order chi connectivity index (χ1) is 26.7. The van der Waals surface area contributed by atoms with Crippen LogP contribution in [0, 0.1) is 0 Å². The van der Waals surface area contributed by atoms with E-state index in [0.717, 1.165) is 0 Å². The summed E-state index contributed by atoms with van der Waals surface area (Å²) >= 11 is 0. The van der Waals surface area contributed by atoms with Crippen molar-refractivity contribution < 1.29 is 66.4 Å². The second-order valence-corrected chi connectivity index (χ2v) is 11.7. The normalized spacial score (nSPS) is 12.1. The third-order valence-electron chi connectivity index (χ3n) is 7.74. The minimum Gasteiger partial charge on any atom is -0.463 e. The molecule has 0 saturated heterocycles. The van der Waals surface area contributed by atoms with Gasteiger partial charge in [-0.05, 0) is 22.3 Å². The first-order valence-corrected chi connectivity index (χ1v) is 18.7. The van der Waals surface area contributed by atoms with Crippen LogP contribution in [-0.2, 0) is 61.6 Å². The standard InChI is InChI=1S/C39H59NO14/c1-33(41)53-31-30-52-29-28-51-27-26-50-25-24-49-23-22-48-21-20-47-19-18-46-17-16-45-15-14-44-13-12-43-11-10-40-39(42)54-32-38-36-8-4-2-6-34(36)35-7-3-5-9-37(35)38/h2-9,38H,10-32H2,1H3,(H,40,42). The van der Waals surface area contributed by atoms with Crippen molar-refractivity contribution in [3.63, 3.8) is 0 Å². The zero-order valence-electron chi connectivity index (χ0n) is 31.7. The molecule has 0 heterocycles. The van der Waals surface area contributed by atoms with Gasteiger partial charge in [0.15, 0.2) is 0 Å². The van der Waals surface area contributed by atoms with Gasteiger partial charge in [0.1, 0.15) is 13.2 Å². The Morgan fingerprint density at radius 2 is 0.759 bits per heavy atom. The zero-order valence-corrected chi connectivity index (χ0v) is 31.7. The van der Waals surface area contributed by atoms with Crippen LogP contribution in [-0.4, -0.2) is 164 Å². The monoisotopic (exact) mass is 765 g/mol. The summed E-state index contributed by atoms with van der Waals surface area (Å²) in [5.74, 6) is -0.282. The van der Waals surface area contributed by atoms with E-state index in [4.69, 9.17) is 56.8 Å². The lowest BCUT2D eigenvalue weighted by molar-refractivity contribution is -0.142. The van der Waals surface area contributed by atoms with Gasteiger partial charge in [-0.1, -0.05) is 48.5 Å². The predicted molar refractivity (Wildman–Crippen MR) is 198 cm³/mol. The molecule has 0 spiro atoms. The highest BCUT2D eigenvalue weighted by Crippen LogP contribution is 2.44. The Morgan fingerprint density at radius 3 is 1.11 bits per heavy atom. The van der Waals surface area contributed by atoms with E-state index in [2.05, 4.69) is 29.6 Å². The average Bonchev–Trinajstić information content (AvgIpc) is 3.50. The van der Waals surface area contributed by atoms with Crippen LogP contribution in [0.25, 0.3) is 11.1 Å². The molecule has 2 aromatic carbocycles. The number of hydrogen-bond donors (Lipinski definition) is 1. The first-order valence-electron chi connectivity index (χ1n) is 18.7. The molecule has 1 N–H and O–H groups in total. The van der Waals surface area contributed by atoms with Gasteiger partial charge in [-0.15, -0.1) is 0 Å². The van der Waals surface area contributed by atoms with Gasteiger partial charge < -0.3 is 62.2 Å². The van der Waals surface area contributed by atoms with Crippen molar-refractivity contribution in [3.8, 4) is 11.1 Å². The second-order valence-electron chi connectivity index (χ2n) is 11.7. The number of amides is 1. The second kappa shape index (κ2) is 31.0. The number of benzene rings is 2. The van der Waals surface area contributed by atoms with E-state index in [9.17, 15) is 9.59 Å². The Labute approximate surface area is 319 Å². The van der Waals surface area contributed by atoms with Gasteiger partial charge in [0.2, 0.25) is 0 Å². The summed E-state index contributed by atoms with van der Waals surface area (Å²) in [7, 11) is 0. The molecule has 0 atom stereocenters. The summed E-state index contributed by atoms with van der Waals surface area (Å²) in [5, 5.41) is 2.74. The molecule has 2 aromatic rings. The summed E-state index contributed by atoms with van der Waals surface area (Å²) in [4.78, 5) is 22.8. The molecule has 54 heavy (non-hydrogen) atoms. The quantitative estimate of drug-likeness (QED) is 0.0806. The number of alkyl carbamates (subject to hydrolysis) is 1. The largest absolute Gasteiger partial charge is 0.463 e. The van der Waals surface area contributed by atoms with E-state index in [-0.39, 0.29) is 25.1 Å². The van der Waals surface area contributed by atoms with Gasteiger partial charge in [0.05, 0.1) is 132 Å². The number of esters is 1. The molecule has 0 saturated carbocycles. The van der Waals surface area contributed by atoms with Crippen molar-refractivity contribution >= 4 is 12.1 Å². The van der Waals surface area contributed by atoms with E-state index in [1.165, 1.54) is 29.2 Å². The lowest BCUT2D eigenvalue weighted by Gasteiger charge is -2.14. The van der Waals surface area contributed by atoms with Crippen molar-refractivity contribution in [1.29, 1.82) is 0 Å². The number of rotatable bonds is 35. The fraction of sp³-hybridized carbons (Fsp3) is 0.641. The highest BCUT2D eigenvalue weighted by molar-refractivity contribution is 5.79. The van der Waals surface area contributed by atoms with Gasteiger partial charge in [-0.3, -0.25) is 4.79 Å². The summed E-state index contributed by atoms with van der Waals surface area (Å²) in [6.07, 6.45) is -0.456. The van der Waals surface area contributed by atoms with Crippen molar-refractivity contribution in [2.24, 2.45) is 0 Å². The van der Waals surface area contributed by atoms with Crippen LogP contribution in [0.2, 0.25) is 0 Å². The maximum atomic E-state index is 12.2. The van der Waals surface area contributed by atoms with Crippen LogP contribution in [0.15, 0.2) is 48.5 Å². The van der Waals surface area contributed by atoms with E-state index in [1.54, 1.807) is 0 Å². The molecule has 3 rings (SSSR count). The first kappa shape index (κ1) is 45.2. The minimum atomic E-state index is -0.456. The summed E-state index contributed by atoms with van der Waals surface area (Å²) < 4.78 is 64.8. The molecule has 15 nitrogen and oxygen atoms in total. The van der Waals surface area contributed by atoms with Crippen molar-refractivity contribution in [1.82, 2.24) is 5.32 Å². The number of hydrogen-bond acceptors (Lipinski definition) is 14. The molecule has 1 aliphatic carbocycles. The molecule has 304 valence electrons. The molecule has 0 radical (unpaired) electrons. The van der Waals surface area contributed by atoms with Crippen LogP contribution in [0.4, 0.5) is 4.79 Å². The summed E-state index contributed by atoms with van der Waals surface area (Å²) in [6.45, 7) is 11.4. The highest BCUT2D eigenvalue weighted by Gasteiger charge is 2.28. The van der Waals surface area contributed by atoms with Crippen molar-refractivity contribution in [3.05, 3.63) is 59.7 Å². The van der Waals surface area contributed by atoms with Crippen molar-refractivity contribution in [2.75, 3.05) is 152 Å². The van der Waals surface area contributed by atoms with Crippen LogP contribution in [0.5, 0.6) is 0 Å². The van der Waals surface area contributed by atoms with Crippen LogP contribution in [0.1, 0.15) is 24.0 Å². The predicted octanol–water partition coefficient (Wildman–Crippen LogP) is 3.25. The number of nitrogens with one attached hydrogen (secondary N) is 1. The smallest absolute Gasteiger partial charge is 0.407 e. The topological polar surface area (TPSA) is 157 Å². The van der Waals surface area contributed by atoms with E-state index >= 15 is 0 Å². The van der Waals surface area contributed by atoms with Gasteiger partial charge in [0.25, 0.3) is 0 Å². The molecule has 0 aliphatic heterocycles. The Hall–Kier alpha value is -3.22. The molecule has 0 aromatic heterocycles.